The number of hydrogen-bond donors (Lipinski definition) is 2. The second-order valence-corrected chi connectivity index (χ2v) is 2.56. The van der Waals surface area contributed by atoms with Gasteiger partial charge in [0.15, 0.2) is 0 Å². The summed E-state index contributed by atoms with van der Waals surface area (Å²) in [6.07, 6.45) is 0.0901. The van der Waals surface area contributed by atoms with Gasteiger partial charge in [-0.15, -0.1) is 0 Å². The molecule has 76 valence electrons. The summed E-state index contributed by atoms with van der Waals surface area (Å²) in [5.74, 6) is -0.620. The molecule has 1 amide bonds. The van der Waals surface area contributed by atoms with Crippen molar-refractivity contribution < 1.29 is 13.6 Å². The molecule has 0 atom stereocenters. The van der Waals surface area contributed by atoms with Crippen molar-refractivity contribution in [1.82, 2.24) is 10.3 Å². The zero-order valence-electron chi connectivity index (χ0n) is 7.21. The lowest BCUT2D eigenvalue weighted by molar-refractivity contribution is 0.0892. The van der Waals surface area contributed by atoms with E-state index in [1.807, 2.05) is 5.32 Å². The Balaban J connectivity index is 2.65. The summed E-state index contributed by atoms with van der Waals surface area (Å²) in [7, 11) is 0. The number of anilines is 1. The molecule has 0 radical (unpaired) electrons. The first-order chi connectivity index (χ1) is 6.61. The van der Waals surface area contributed by atoms with Crippen molar-refractivity contribution >= 4 is 11.6 Å². The number of halogens is 2. The summed E-state index contributed by atoms with van der Waals surface area (Å²) < 4.78 is 23.5. The average Bonchev–Trinajstić information content (AvgIpc) is 2.15. The standard InChI is InChI=1S/C8H9F2N3O/c9-7(10)4-13-8(14)5-1-2-12-3-6(5)11/h1-3,7H,4,11H2,(H,13,14). The minimum Gasteiger partial charge on any atom is -0.397 e. The number of alkyl halides is 2. The maximum atomic E-state index is 11.8. The zero-order valence-corrected chi connectivity index (χ0v) is 7.21. The van der Waals surface area contributed by atoms with E-state index in [1.54, 1.807) is 0 Å². The van der Waals surface area contributed by atoms with Crippen molar-refractivity contribution in [3.05, 3.63) is 24.0 Å². The monoisotopic (exact) mass is 201 g/mol. The Hall–Kier alpha value is -1.72. The van der Waals surface area contributed by atoms with Crippen LogP contribution in [0, 0.1) is 0 Å². The van der Waals surface area contributed by atoms with Gasteiger partial charge in [0.1, 0.15) is 0 Å². The molecule has 0 aliphatic heterocycles. The molecule has 4 nitrogen and oxygen atoms in total. The number of nitrogens with two attached hydrogens (primary N) is 1. The second-order valence-electron chi connectivity index (χ2n) is 2.56. The van der Waals surface area contributed by atoms with Crippen LogP contribution < -0.4 is 11.1 Å². The number of carbonyl (C=O) groups excluding carboxylic acids is 1. The van der Waals surface area contributed by atoms with Gasteiger partial charge in [-0.1, -0.05) is 0 Å². The third kappa shape index (κ3) is 2.65. The summed E-state index contributed by atoms with van der Waals surface area (Å²) in [6.45, 7) is -0.680. The van der Waals surface area contributed by atoms with Crippen LogP contribution in [0.5, 0.6) is 0 Å². The van der Waals surface area contributed by atoms with Crippen molar-refractivity contribution in [1.29, 1.82) is 0 Å². The highest BCUT2D eigenvalue weighted by Gasteiger charge is 2.10. The molecule has 0 spiro atoms. The molecule has 1 heterocycles. The van der Waals surface area contributed by atoms with Crippen LogP contribution >= 0.6 is 0 Å². The molecule has 0 bridgehead atoms. The summed E-state index contributed by atoms with van der Waals surface area (Å²) >= 11 is 0. The number of rotatable bonds is 3. The number of aromatic nitrogens is 1. The Morgan fingerprint density at radius 1 is 1.64 bits per heavy atom. The Kier molecular flexibility index (Phi) is 3.33. The first-order valence-corrected chi connectivity index (χ1v) is 3.87. The molecule has 1 aromatic rings. The first kappa shape index (κ1) is 10.4. The van der Waals surface area contributed by atoms with Gasteiger partial charge in [-0.05, 0) is 6.07 Å². The smallest absolute Gasteiger partial charge is 0.255 e. The van der Waals surface area contributed by atoms with E-state index in [4.69, 9.17) is 5.73 Å². The van der Waals surface area contributed by atoms with Crippen molar-refractivity contribution in [2.24, 2.45) is 0 Å². The molecule has 1 rings (SSSR count). The van der Waals surface area contributed by atoms with Gasteiger partial charge < -0.3 is 11.1 Å². The van der Waals surface area contributed by atoms with Crippen LogP contribution in [0.1, 0.15) is 10.4 Å². The maximum Gasteiger partial charge on any atom is 0.255 e. The topological polar surface area (TPSA) is 68.0 Å². The highest BCUT2D eigenvalue weighted by molar-refractivity contribution is 5.98. The van der Waals surface area contributed by atoms with E-state index in [0.29, 0.717) is 0 Å². The van der Waals surface area contributed by atoms with Crippen LogP contribution in [0.2, 0.25) is 0 Å². The average molecular weight is 201 g/mol. The number of pyridine rings is 1. The lowest BCUT2D eigenvalue weighted by atomic mass is 10.2. The normalized spacial score (nSPS) is 10.2. The largest absolute Gasteiger partial charge is 0.397 e. The van der Waals surface area contributed by atoms with Crippen LogP contribution in [-0.4, -0.2) is 23.9 Å². The van der Waals surface area contributed by atoms with Crippen LogP contribution in [0.4, 0.5) is 14.5 Å². The first-order valence-electron chi connectivity index (χ1n) is 3.87. The van der Waals surface area contributed by atoms with Gasteiger partial charge in [-0.25, -0.2) is 8.78 Å². The van der Waals surface area contributed by atoms with E-state index in [1.165, 1.54) is 18.5 Å². The fourth-order valence-corrected chi connectivity index (χ4v) is 0.879. The number of nitrogens with one attached hydrogen (secondary N) is 1. The Labute approximate surface area is 79.1 Å². The number of nitrogens with zero attached hydrogens (tertiary/aromatic N) is 1. The van der Waals surface area contributed by atoms with Gasteiger partial charge >= 0.3 is 0 Å². The second kappa shape index (κ2) is 4.50. The predicted octanol–water partition coefficient (Wildman–Crippen LogP) is 0.659. The quantitative estimate of drug-likeness (QED) is 0.754. The number of amides is 1. The Bertz CT molecular complexity index is 330. The molecule has 14 heavy (non-hydrogen) atoms. The van der Waals surface area contributed by atoms with E-state index in [-0.39, 0.29) is 11.3 Å². The SMILES string of the molecule is Nc1cnccc1C(=O)NCC(F)F. The summed E-state index contributed by atoms with van der Waals surface area (Å²) in [6, 6.07) is 1.37. The van der Waals surface area contributed by atoms with Crippen molar-refractivity contribution in [2.75, 3.05) is 12.3 Å². The fraction of sp³-hybridized carbons (Fsp3) is 0.250. The lowest BCUT2D eigenvalue weighted by Crippen LogP contribution is -2.29. The maximum absolute atomic E-state index is 11.8. The summed E-state index contributed by atoms with van der Waals surface area (Å²) in [4.78, 5) is 14.9. The molecular weight excluding hydrogens is 192 g/mol. The summed E-state index contributed by atoms with van der Waals surface area (Å²) in [5, 5.41) is 2.04. The zero-order chi connectivity index (χ0) is 10.6. The third-order valence-electron chi connectivity index (χ3n) is 1.51. The van der Waals surface area contributed by atoms with Gasteiger partial charge in [0.05, 0.1) is 24.0 Å². The molecular formula is C8H9F2N3O. The van der Waals surface area contributed by atoms with Crippen LogP contribution in [0.15, 0.2) is 18.5 Å². The molecule has 0 saturated heterocycles. The molecule has 6 heteroatoms. The highest BCUT2D eigenvalue weighted by Crippen LogP contribution is 2.07. The minimum absolute atomic E-state index is 0.153. The van der Waals surface area contributed by atoms with Gasteiger partial charge in [-0.3, -0.25) is 9.78 Å². The molecule has 0 aromatic carbocycles. The van der Waals surface area contributed by atoms with Crippen molar-refractivity contribution in [3.8, 4) is 0 Å². The molecule has 3 N–H and O–H groups in total. The molecule has 0 unspecified atom stereocenters. The highest BCUT2D eigenvalue weighted by atomic mass is 19.3. The van der Waals surface area contributed by atoms with Gasteiger partial charge in [-0.2, -0.15) is 0 Å². The minimum atomic E-state index is -2.57. The summed E-state index contributed by atoms with van der Waals surface area (Å²) in [5.41, 5.74) is 5.74. The predicted molar refractivity (Wildman–Crippen MR) is 47.0 cm³/mol. The van der Waals surface area contributed by atoms with E-state index < -0.39 is 18.9 Å². The number of nitrogen functional groups attached to an aromatic ring is 1. The Morgan fingerprint density at radius 2 is 2.36 bits per heavy atom. The molecule has 0 saturated carbocycles. The fourth-order valence-electron chi connectivity index (χ4n) is 0.879. The van der Waals surface area contributed by atoms with Crippen LogP contribution in [0.25, 0.3) is 0 Å². The van der Waals surface area contributed by atoms with E-state index in [9.17, 15) is 13.6 Å². The van der Waals surface area contributed by atoms with Gasteiger partial charge in [0.2, 0.25) is 0 Å². The molecule has 0 fully saturated rings. The third-order valence-corrected chi connectivity index (χ3v) is 1.51. The van der Waals surface area contributed by atoms with E-state index in [0.717, 1.165) is 0 Å². The van der Waals surface area contributed by atoms with E-state index >= 15 is 0 Å². The Morgan fingerprint density at radius 3 is 2.93 bits per heavy atom. The van der Waals surface area contributed by atoms with Crippen LogP contribution in [0.3, 0.4) is 0 Å². The molecule has 1 aromatic heterocycles. The van der Waals surface area contributed by atoms with Crippen molar-refractivity contribution in [3.63, 3.8) is 0 Å². The molecule has 0 aliphatic carbocycles. The van der Waals surface area contributed by atoms with Gasteiger partial charge in [0, 0.05) is 6.20 Å². The number of carbonyl (C=O) groups is 1. The van der Waals surface area contributed by atoms with Crippen LogP contribution in [-0.2, 0) is 0 Å². The number of hydrogen-bond acceptors (Lipinski definition) is 3. The van der Waals surface area contributed by atoms with E-state index in [2.05, 4.69) is 4.98 Å². The van der Waals surface area contributed by atoms with Crippen molar-refractivity contribution in [2.45, 2.75) is 6.43 Å². The lowest BCUT2D eigenvalue weighted by Gasteiger charge is -2.05. The molecule has 0 aliphatic rings. The van der Waals surface area contributed by atoms with Gasteiger partial charge in [0.25, 0.3) is 12.3 Å².